The summed E-state index contributed by atoms with van der Waals surface area (Å²) in [5.41, 5.74) is 0.178. The van der Waals surface area contributed by atoms with Crippen molar-refractivity contribution in [2.75, 3.05) is 19.6 Å². The molecule has 1 atom stereocenters. The minimum Gasteiger partial charge on any atom is -0.341 e. The summed E-state index contributed by atoms with van der Waals surface area (Å²) in [6, 6.07) is 3.68. The largest absolute Gasteiger partial charge is 0.397 e. The molecule has 2 fully saturated rings. The summed E-state index contributed by atoms with van der Waals surface area (Å²) < 4.78 is 37.3. The molecule has 2 aliphatic rings. The van der Waals surface area contributed by atoms with Crippen molar-refractivity contribution in [2.24, 2.45) is 5.41 Å². The molecule has 8 heteroatoms. The molecule has 2 saturated heterocycles. The van der Waals surface area contributed by atoms with Gasteiger partial charge in [0.2, 0.25) is 11.8 Å². The van der Waals surface area contributed by atoms with Crippen LogP contribution in [0, 0.1) is 5.41 Å². The quantitative estimate of drug-likeness (QED) is 0.837. The van der Waals surface area contributed by atoms with Crippen LogP contribution in [0.1, 0.15) is 31.2 Å². The van der Waals surface area contributed by atoms with Gasteiger partial charge >= 0.3 is 6.18 Å². The summed E-state index contributed by atoms with van der Waals surface area (Å²) in [7, 11) is 0. The molecule has 5 nitrogen and oxygen atoms in total. The van der Waals surface area contributed by atoms with Crippen molar-refractivity contribution in [3.63, 3.8) is 0 Å². The molecule has 1 aromatic heterocycles. The van der Waals surface area contributed by atoms with Crippen LogP contribution in [0.2, 0.25) is 0 Å². The van der Waals surface area contributed by atoms with E-state index in [9.17, 15) is 22.8 Å². The summed E-state index contributed by atoms with van der Waals surface area (Å²) in [5.74, 6) is -1.01. The third-order valence-corrected chi connectivity index (χ3v) is 4.98. The second-order valence-corrected chi connectivity index (χ2v) is 6.83. The van der Waals surface area contributed by atoms with Gasteiger partial charge < -0.3 is 9.80 Å². The minimum atomic E-state index is -4.52. The number of rotatable bonds is 3. The Morgan fingerprint density at radius 1 is 1.28 bits per heavy atom. The third-order valence-electron chi connectivity index (χ3n) is 4.98. The van der Waals surface area contributed by atoms with Crippen LogP contribution >= 0.6 is 0 Å². The van der Waals surface area contributed by atoms with Gasteiger partial charge in [0, 0.05) is 38.6 Å². The molecule has 0 aromatic carbocycles. The Labute approximate surface area is 143 Å². The van der Waals surface area contributed by atoms with Crippen molar-refractivity contribution in [1.82, 2.24) is 14.8 Å². The molecule has 0 saturated carbocycles. The lowest BCUT2D eigenvalue weighted by molar-refractivity contribution is -0.161. The molecule has 136 valence electrons. The molecule has 1 unspecified atom stereocenters. The number of carbonyl (C=O) groups excluding carboxylic acids is 2. The van der Waals surface area contributed by atoms with Crippen LogP contribution in [-0.2, 0) is 16.1 Å². The SMILES string of the molecule is O=C(CC(F)(F)F)N1CCC2(CCCN(Cc3cccnc3)C2=O)C1. The van der Waals surface area contributed by atoms with Gasteiger partial charge in [0.1, 0.15) is 6.42 Å². The highest BCUT2D eigenvalue weighted by Gasteiger charge is 2.50. The van der Waals surface area contributed by atoms with E-state index in [0.717, 1.165) is 12.0 Å². The molecule has 0 radical (unpaired) electrons. The first-order valence-electron chi connectivity index (χ1n) is 8.32. The number of likely N-dealkylation sites (tertiary alicyclic amines) is 2. The molecule has 3 rings (SSSR count). The lowest BCUT2D eigenvalue weighted by atomic mass is 9.78. The summed E-state index contributed by atoms with van der Waals surface area (Å²) in [4.78, 5) is 31.8. The van der Waals surface area contributed by atoms with Gasteiger partial charge in [-0.15, -0.1) is 0 Å². The predicted octanol–water partition coefficient (Wildman–Crippen LogP) is 2.38. The second kappa shape index (κ2) is 6.65. The highest BCUT2D eigenvalue weighted by atomic mass is 19.4. The maximum absolute atomic E-state index is 13.0. The first kappa shape index (κ1) is 17.7. The maximum atomic E-state index is 13.0. The van der Waals surface area contributed by atoms with Gasteiger partial charge in [-0.1, -0.05) is 6.07 Å². The van der Waals surface area contributed by atoms with E-state index in [0.29, 0.717) is 25.9 Å². The van der Waals surface area contributed by atoms with E-state index in [4.69, 9.17) is 0 Å². The monoisotopic (exact) mass is 355 g/mol. The van der Waals surface area contributed by atoms with Crippen LogP contribution < -0.4 is 0 Å². The van der Waals surface area contributed by atoms with E-state index in [1.807, 2.05) is 6.07 Å². The number of halogens is 3. The van der Waals surface area contributed by atoms with Crippen LogP contribution in [0.25, 0.3) is 0 Å². The normalized spacial score (nSPS) is 24.2. The van der Waals surface area contributed by atoms with Crippen LogP contribution in [0.3, 0.4) is 0 Å². The first-order chi connectivity index (χ1) is 11.8. The van der Waals surface area contributed by atoms with E-state index in [2.05, 4.69) is 4.98 Å². The number of nitrogens with zero attached hydrogens (tertiary/aromatic N) is 3. The van der Waals surface area contributed by atoms with E-state index >= 15 is 0 Å². The lowest BCUT2D eigenvalue weighted by Gasteiger charge is -2.39. The minimum absolute atomic E-state index is 0.0649. The fourth-order valence-corrected chi connectivity index (χ4v) is 3.76. The molecular weight excluding hydrogens is 335 g/mol. The number of aromatic nitrogens is 1. The fourth-order valence-electron chi connectivity index (χ4n) is 3.76. The number of carbonyl (C=O) groups is 2. The number of alkyl halides is 3. The molecule has 0 N–H and O–H groups in total. The van der Waals surface area contributed by atoms with Crippen molar-refractivity contribution >= 4 is 11.8 Å². The molecule has 1 aromatic rings. The molecule has 3 heterocycles. The van der Waals surface area contributed by atoms with Crippen molar-refractivity contribution in [3.05, 3.63) is 30.1 Å². The van der Waals surface area contributed by atoms with Crippen molar-refractivity contribution in [2.45, 2.75) is 38.4 Å². The molecule has 0 aliphatic carbocycles. The van der Waals surface area contributed by atoms with Crippen LogP contribution in [0.15, 0.2) is 24.5 Å². The van der Waals surface area contributed by atoms with Gasteiger partial charge in [0.15, 0.2) is 0 Å². The van der Waals surface area contributed by atoms with Crippen LogP contribution in [0.4, 0.5) is 13.2 Å². The summed E-state index contributed by atoms with van der Waals surface area (Å²) >= 11 is 0. The smallest absolute Gasteiger partial charge is 0.341 e. The number of pyridine rings is 1. The zero-order valence-corrected chi connectivity index (χ0v) is 13.8. The molecule has 0 bridgehead atoms. The van der Waals surface area contributed by atoms with Crippen molar-refractivity contribution in [1.29, 1.82) is 0 Å². The van der Waals surface area contributed by atoms with E-state index in [-0.39, 0.29) is 19.0 Å². The summed E-state index contributed by atoms with van der Waals surface area (Å²) in [6.45, 7) is 1.35. The van der Waals surface area contributed by atoms with E-state index in [1.54, 1.807) is 23.4 Å². The standard InChI is InChI=1S/C17H20F3N3O2/c18-17(19,20)9-14(24)23-8-5-16(12-23)4-2-7-22(15(16)25)11-13-3-1-6-21-10-13/h1,3,6,10H,2,4-5,7-9,11-12H2. The van der Waals surface area contributed by atoms with Gasteiger partial charge in [-0.3, -0.25) is 14.6 Å². The summed E-state index contributed by atoms with van der Waals surface area (Å²) in [5, 5.41) is 0. The topological polar surface area (TPSA) is 53.5 Å². The average molecular weight is 355 g/mol. The third kappa shape index (κ3) is 3.93. The Balaban J connectivity index is 1.67. The van der Waals surface area contributed by atoms with E-state index in [1.165, 1.54) is 4.90 Å². The molecule has 2 amide bonds. The first-order valence-corrected chi connectivity index (χ1v) is 8.32. The van der Waals surface area contributed by atoms with Gasteiger partial charge in [-0.25, -0.2) is 0 Å². The van der Waals surface area contributed by atoms with Gasteiger partial charge in [-0.2, -0.15) is 13.2 Å². The van der Waals surface area contributed by atoms with Crippen LogP contribution in [0.5, 0.6) is 0 Å². The average Bonchev–Trinajstić information content (AvgIpc) is 2.97. The molecular formula is C17H20F3N3O2. The number of hydrogen-bond donors (Lipinski definition) is 0. The second-order valence-electron chi connectivity index (χ2n) is 6.83. The highest BCUT2D eigenvalue weighted by Crippen LogP contribution is 2.41. The number of piperidine rings is 1. The Hall–Kier alpha value is -2.12. The van der Waals surface area contributed by atoms with Crippen molar-refractivity contribution in [3.8, 4) is 0 Å². The predicted molar refractivity (Wildman–Crippen MR) is 83.2 cm³/mol. The summed E-state index contributed by atoms with van der Waals surface area (Å²) in [6.07, 6.45) is -0.795. The number of amides is 2. The maximum Gasteiger partial charge on any atom is 0.397 e. The van der Waals surface area contributed by atoms with Crippen molar-refractivity contribution < 1.29 is 22.8 Å². The Kier molecular flexibility index (Phi) is 4.71. The van der Waals surface area contributed by atoms with Gasteiger partial charge in [0.05, 0.1) is 5.41 Å². The molecule has 25 heavy (non-hydrogen) atoms. The van der Waals surface area contributed by atoms with Crippen LogP contribution in [-0.4, -0.2) is 52.4 Å². The Morgan fingerprint density at radius 2 is 2.08 bits per heavy atom. The highest BCUT2D eigenvalue weighted by molar-refractivity contribution is 5.86. The Bertz CT molecular complexity index is 650. The zero-order valence-electron chi connectivity index (χ0n) is 13.8. The molecule has 1 spiro atoms. The lowest BCUT2D eigenvalue weighted by Crippen LogP contribution is -2.50. The molecule has 2 aliphatic heterocycles. The van der Waals surface area contributed by atoms with E-state index < -0.39 is 23.9 Å². The van der Waals surface area contributed by atoms with Gasteiger partial charge in [0.25, 0.3) is 0 Å². The number of hydrogen-bond acceptors (Lipinski definition) is 3. The Morgan fingerprint density at radius 3 is 2.76 bits per heavy atom. The fraction of sp³-hybridized carbons (Fsp3) is 0.588. The zero-order chi connectivity index (χ0) is 18.1. The van der Waals surface area contributed by atoms with Gasteiger partial charge in [-0.05, 0) is 30.9 Å².